The van der Waals surface area contributed by atoms with Crippen LogP contribution < -0.4 is 14.8 Å². The second kappa shape index (κ2) is 8.61. The number of anilines is 1. The van der Waals surface area contributed by atoms with E-state index in [-0.39, 0.29) is 5.91 Å². The first-order valence-electron chi connectivity index (χ1n) is 9.09. The van der Waals surface area contributed by atoms with Crippen LogP contribution in [0.25, 0.3) is 6.08 Å². The monoisotopic (exact) mass is 381 g/mol. The van der Waals surface area contributed by atoms with Crippen LogP contribution in [0.3, 0.4) is 0 Å². The number of ether oxygens (including phenoxy) is 3. The maximum Gasteiger partial charge on any atom is 0.331 e. The molecule has 2 aromatic rings. The number of hydrogen-bond acceptors (Lipinski definition) is 5. The number of nitrogens with one attached hydrogen (secondary N) is 1. The fourth-order valence-corrected chi connectivity index (χ4v) is 2.70. The molecule has 0 fully saturated rings. The minimum atomic E-state index is -0.919. The lowest BCUT2D eigenvalue weighted by Gasteiger charge is -2.18. The number of rotatable bonds is 5. The molecule has 1 heterocycles. The van der Waals surface area contributed by atoms with Crippen LogP contribution in [-0.2, 0) is 14.3 Å². The molecule has 146 valence electrons. The second-order valence-corrected chi connectivity index (χ2v) is 6.62. The van der Waals surface area contributed by atoms with Gasteiger partial charge >= 0.3 is 5.97 Å². The summed E-state index contributed by atoms with van der Waals surface area (Å²) in [7, 11) is 0. The first-order chi connectivity index (χ1) is 13.4. The number of fused-ring (bicyclic) bond motifs is 1. The number of aryl methyl sites for hydroxylation is 2. The van der Waals surface area contributed by atoms with Crippen molar-refractivity contribution in [1.29, 1.82) is 0 Å². The van der Waals surface area contributed by atoms with Crippen molar-refractivity contribution >= 4 is 23.6 Å². The van der Waals surface area contributed by atoms with Gasteiger partial charge in [-0.05, 0) is 61.7 Å². The Morgan fingerprint density at radius 3 is 2.61 bits per heavy atom. The lowest BCUT2D eigenvalue weighted by molar-refractivity contribution is -0.148. The van der Waals surface area contributed by atoms with Gasteiger partial charge in [-0.15, -0.1) is 0 Å². The molecule has 3 rings (SSSR count). The quantitative estimate of drug-likeness (QED) is 0.632. The highest BCUT2D eigenvalue weighted by Gasteiger charge is 2.17. The summed E-state index contributed by atoms with van der Waals surface area (Å²) < 4.78 is 16.2. The van der Waals surface area contributed by atoms with E-state index in [1.165, 1.54) is 13.0 Å². The molecule has 0 saturated carbocycles. The van der Waals surface area contributed by atoms with Crippen molar-refractivity contribution in [1.82, 2.24) is 0 Å². The molecule has 0 saturated heterocycles. The summed E-state index contributed by atoms with van der Waals surface area (Å²) in [5.41, 5.74) is 3.46. The summed E-state index contributed by atoms with van der Waals surface area (Å²) in [5, 5.41) is 2.79. The molecule has 1 N–H and O–H groups in total. The second-order valence-electron chi connectivity index (χ2n) is 6.62. The highest BCUT2D eigenvalue weighted by molar-refractivity contribution is 5.97. The van der Waals surface area contributed by atoms with Gasteiger partial charge in [0, 0.05) is 11.8 Å². The molecule has 0 aromatic heterocycles. The number of carbonyl (C=O) groups excluding carboxylic acids is 2. The minimum Gasteiger partial charge on any atom is -0.486 e. The Morgan fingerprint density at radius 2 is 1.82 bits per heavy atom. The number of amides is 1. The Bertz CT molecular complexity index is 919. The molecule has 0 spiro atoms. The molecule has 6 heteroatoms. The highest BCUT2D eigenvalue weighted by atomic mass is 16.6. The van der Waals surface area contributed by atoms with Gasteiger partial charge in [0.2, 0.25) is 0 Å². The van der Waals surface area contributed by atoms with Crippen molar-refractivity contribution in [2.45, 2.75) is 26.9 Å². The third-order valence-electron chi connectivity index (χ3n) is 4.29. The Labute approximate surface area is 164 Å². The van der Waals surface area contributed by atoms with E-state index in [0.29, 0.717) is 30.4 Å². The van der Waals surface area contributed by atoms with E-state index in [1.54, 1.807) is 18.2 Å². The maximum absolute atomic E-state index is 12.3. The minimum absolute atomic E-state index is 0.380. The van der Waals surface area contributed by atoms with Gasteiger partial charge in [-0.2, -0.15) is 0 Å². The van der Waals surface area contributed by atoms with Crippen molar-refractivity contribution in [2.75, 3.05) is 18.5 Å². The molecular formula is C22H23NO5. The fourth-order valence-electron chi connectivity index (χ4n) is 2.70. The smallest absolute Gasteiger partial charge is 0.331 e. The topological polar surface area (TPSA) is 73.9 Å². The van der Waals surface area contributed by atoms with Crippen LogP contribution >= 0.6 is 0 Å². The number of carbonyl (C=O) groups is 2. The number of benzene rings is 2. The van der Waals surface area contributed by atoms with Crippen molar-refractivity contribution in [3.8, 4) is 11.5 Å². The van der Waals surface area contributed by atoms with E-state index >= 15 is 0 Å². The molecule has 1 atom stereocenters. The van der Waals surface area contributed by atoms with Crippen molar-refractivity contribution < 1.29 is 23.8 Å². The molecule has 0 unspecified atom stereocenters. The maximum atomic E-state index is 12.3. The highest BCUT2D eigenvalue weighted by Crippen LogP contribution is 2.31. The standard InChI is InChI=1S/C22H23NO5/c1-14-4-5-15(2)18(12-14)23-22(25)16(3)28-21(24)9-7-17-6-8-19-20(13-17)27-11-10-26-19/h4-9,12-13,16H,10-11H2,1-3H3,(H,23,25)/b9-7+/t16-/m0/s1. The number of esters is 1. The normalized spacial score (nSPS) is 13.8. The van der Waals surface area contributed by atoms with Gasteiger partial charge in [0.25, 0.3) is 5.91 Å². The van der Waals surface area contributed by atoms with E-state index in [9.17, 15) is 9.59 Å². The zero-order valence-electron chi connectivity index (χ0n) is 16.2. The molecule has 0 aliphatic carbocycles. The van der Waals surface area contributed by atoms with Gasteiger partial charge in [-0.1, -0.05) is 18.2 Å². The van der Waals surface area contributed by atoms with Crippen LogP contribution in [0.4, 0.5) is 5.69 Å². The molecule has 0 bridgehead atoms. The van der Waals surface area contributed by atoms with Crippen LogP contribution in [0.1, 0.15) is 23.6 Å². The lowest BCUT2D eigenvalue weighted by atomic mass is 10.1. The van der Waals surface area contributed by atoms with Crippen molar-refractivity contribution in [2.24, 2.45) is 0 Å². The predicted octanol–water partition coefficient (Wildman–Crippen LogP) is 3.66. The molecule has 2 aromatic carbocycles. The summed E-state index contributed by atoms with van der Waals surface area (Å²) in [6.45, 7) is 6.41. The van der Waals surface area contributed by atoms with Crippen LogP contribution in [0, 0.1) is 13.8 Å². The Kier molecular flexibility index (Phi) is 5.99. The number of hydrogen-bond donors (Lipinski definition) is 1. The third kappa shape index (κ3) is 4.91. The summed E-state index contributed by atoms with van der Waals surface area (Å²) in [4.78, 5) is 24.4. The van der Waals surface area contributed by atoms with Crippen LogP contribution in [0.15, 0.2) is 42.5 Å². The van der Waals surface area contributed by atoms with Gasteiger partial charge < -0.3 is 19.5 Å². The van der Waals surface area contributed by atoms with E-state index in [2.05, 4.69) is 5.32 Å². The fraction of sp³-hybridized carbons (Fsp3) is 0.273. The molecule has 1 aliphatic rings. The zero-order chi connectivity index (χ0) is 20.1. The molecule has 1 amide bonds. The van der Waals surface area contributed by atoms with Crippen molar-refractivity contribution in [3.63, 3.8) is 0 Å². The first-order valence-corrected chi connectivity index (χ1v) is 9.09. The predicted molar refractivity (Wildman–Crippen MR) is 107 cm³/mol. The summed E-state index contributed by atoms with van der Waals surface area (Å²) in [6.07, 6.45) is 1.97. The molecule has 0 radical (unpaired) electrons. The molecule has 28 heavy (non-hydrogen) atoms. The van der Waals surface area contributed by atoms with E-state index in [0.717, 1.165) is 16.7 Å². The Hall–Kier alpha value is -3.28. The third-order valence-corrected chi connectivity index (χ3v) is 4.29. The van der Waals surface area contributed by atoms with E-state index in [1.807, 2.05) is 38.1 Å². The van der Waals surface area contributed by atoms with Gasteiger partial charge in [0.1, 0.15) is 13.2 Å². The van der Waals surface area contributed by atoms with E-state index < -0.39 is 12.1 Å². The molecular weight excluding hydrogens is 358 g/mol. The summed E-state index contributed by atoms with van der Waals surface area (Å²) in [5.74, 6) is 0.346. The van der Waals surface area contributed by atoms with Crippen LogP contribution in [0.2, 0.25) is 0 Å². The zero-order valence-corrected chi connectivity index (χ0v) is 16.2. The van der Waals surface area contributed by atoms with Crippen LogP contribution in [0.5, 0.6) is 11.5 Å². The molecule has 6 nitrogen and oxygen atoms in total. The lowest BCUT2D eigenvalue weighted by Crippen LogP contribution is -2.29. The van der Waals surface area contributed by atoms with Gasteiger partial charge in [0.15, 0.2) is 17.6 Å². The largest absolute Gasteiger partial charge is 0.486 e. The Balaban J connectivity index is 1.57. The average Bonchev–Trinajstić information content (AvgIpc) is 2.69. The van der Waals surface area contributed by atoms with Gasteiger partial charge in [0.05, 0.1) is 0 Å². The summed E-state index contributed by atoms with van der Waals surface area (Å²) >= 11 is 0. The first kappa shape index (κ1) is 19.5. The van der Waals surface area contributed by atoms with Gasteiger partial charge in [-0.3, -0.25) is 4.79 Å². The SMILES string of the molecule is Cc1ccc(C)c(NC(=O)[C@H](C)OC(=O)/C=C/c2ccc3c(c2)OCCO3)c1. The summed E-state index contributed by atoms with van der Waals surface area (Å²) in [6, 6.07) is 11.2. The van der Waals surface area contributed by atoms with Crippen LogP contribution in [-0.4, -0.2) is 31.2 Å². The van der Waals surface area contributed by atoms with Crippen molar-refractivity contribution in [3.05, 3.63) is 59.2 Å². The van der Waals surface area contributed by atoms with Gasteiger partial charge in [-0.25, -0.2) is 4.79 Å². The Morgan fingerprint density at radius 1 is 1.07 bits per heavy atom. The average molecular weight is 381 g/mol. The van der Waals surface area contributed by atoms with E-state index in [4.69, 9.17) is 14.2 Å². The molecule has 1 aliphatic heterocycles.